The van der Waals surface area contributed by atoms with E-state index in [4.69, 9.17) is 28.0 Å². The SMILES string of the molecule is CON(C)S(=O)(=O)c1ccc(C(=O)NCC(C)(C)c2c(Cl)cccc2Cl)cc1. The summed E-state index contributed by atoms with van der Waals surface area (Å²) >= 11 is 12.6. The van der Waals surface area contributed by atoms with Gasteiger partial charge in [-0.15, -0.1) is 0 Å². The van der Waals surface area contributed by atoms with E-state index in [-0.39, 0.29) is 10.8 Å². The van der Waals surface area contributed by atoms with Gasteiger partial charge in [-0.1, -0.05) is 47.6 Å². The Balaban J connectivity index is 2.13. The number of hydrogen-bond donors (Lipinski definition) is 1. The molecular formula is C19H22Cl2N2O4S. The molecule has 0 aliphatic carbocycles. The van der Waals surface area contributed by atoms with E-state index < -0.39 is 15.4 Å². The van der Waals surface area contributed by atoms with Crippen LogP contribution in [0.4, 0.5) is 0 Å². The van der Waals surface area contributed by atoms with E-state index in [0.717, 1.165) is 10.0 Å². The van der Waals surface area contributed by atoms with Crippen molar-refractivity contribution in [3.05, 3.63) is 63.6 Å². The average molecular weight is 445 g/mol. The van der Waals surface area contributed by atoms with Crippen molar-refractivity contribution in [3.63, 3.8) is 0 Å². The lowest BCUT2D eigenvalue weighted by Gasteiger charge is -2.27. The molecule has 6 nitrogen and oxygen atoms in total. The van der Waals surface area contributed by atoms with Gasteiger partial charge in [-0.25, -0.2) is 8.42 Å². The van der Waals surface area contributed by atoms with Gasteiger partial charge in [0.05, 0.1) is 12.0 Å². The van der Waals surface area contributed by atoms with E-state index >= 15 is 0 Å². The Morgan fingerprint density at radius 1 is 1.11 bits per heavy atom. The van der Waals surface area contributed by atoms with Crippen LogP contribution in [0.1, 0.15) is 29.8 Å². The number of nitrogens with one attached hydrogen (secondary N) is 1. The van der Waals surface area contributed by atoms with Crippen LogP contribution in [0.25, 0.3) is 0 Å². The molecule has 152 valence electrons. The normalized spacial score (nSPS) is 12.2. The number of rotatable bonds is 7. The number of carbonyl (C=O) groups excluding carboxylic acids is 1. The molecule has 0 bridgehead atoms. The summed E-state index contributed by atoms with van der Waals surface area (Å²) in [7, 11) is -1.22. The second-order valence-corrected chi connectivity index (χ2v) is 9.54. The molecule has 2 aromatic carbocycles. The molecule has 0 radical (unpaired) electrons. The van der Waals surface area contributed by atoms with Gasteiger partial charge in [0, 0.05) is 34.6 Å². The molecule has 9 heteroatoms. The number of sulfonamides is 1. The Morgan fingerprint density at radius 3 is 2.14 bits per heavy atom. The van der Waals surface area contributed by atoms with Gasteiger partial charge in [0.1, 0.15) is 0 Å². The van der Waals surface area contributed by atoms with Gasteiger partial charge in [0.2, 0.25) is 0 Å². The van der Waals surface area contributed by atoms with Crippen molar-refractivity contribution >= 4 is 39.1 Å². The molecular weight excluding hydrogens is 423 g/mol. The minimum absolute atomic E-state index is 0.0246. The second-order valence-electron chi connectivity index (χ2n) is 6.78. The lowest BCUT2D eigenvalue weighted by atomic mass is 9.84. The first-order valence-corrected chi connectivity index (χ1v) is 10.6. The molecule has 0 saturated carbocycles. The molecule has 2 rings (SSSR count). The monoisotopic (exact) mass is 444 g/mol. The van der Waals surface area contributed by atoms with Crippen LogP contribution in [0.2, 0.25) is 10.0 Å². The highest BCUT2D eigenvalue weighted by atomic mass is 35.5. The molecule has 0 aliphatic heterocycles. The first-order valence-electron chi connectivity index (χ1n) is 8.36. The highest BCUT2D eigenvalue weighted by Crippen LogP contribution is 2.35. The standard InChI is InChI=1S/C19H22Cl2N2O4S/c1-19(2,17-15(20)6-5-7-16(17)21)12-22-18(24)13-8-10-14(11-9-13)28(25,26)23(3)27-4/h5-11H,12H2,1-4H3,(H,22,24). The van der Waals surface area contributed by atoms with Gasteiger partial charge in [-0.2, -0.15) is 0 Å². The predicted molar refractivity (Wildman–Crippen MR) is 110 cm³/mol. The van der Waals surface area contributed by atoms with Crippen molar-refractivity contribution in [3.8, 4) is 0 Å². The van der Waals surface area contributed by atoms with Crippen LogP contribution >= 0.6 is 23.2 Å². The van der Waals surface area contributed by atoms with E-state index in [1.54, 1.807) is 18.2 Å². The summed E-state index contributed by atoms with van der Waals surface area (Å²) in [5.74, 6) is -0.333. The van der Waals surface area contributed by atoms with Crippen LogP contribution in [0.5, 0.6) is 0 Å². The molecule has 0 saturated heterocycles. The van der Waals surface area contributed by atoms with Gasteiger partial charge < -0.3 is 5.32 Å². The van der Waals surface area contributed by atoms with E-state index in [9.17, 15) is 13.2 Å². The van der Waals surface area contributed by atoms with Gasteiger partial charge in [-0.05, 0) is 42.0 Å². The highest BCUT2D eigenvalue weighted by Gasteiger charge is 2.27. The largest absolute Gasteiger partial charge is 0.351 e. The van der Waals surface area contributed by atoms with E-state index in [0.29, 0.717) is 22.2 Å². The first-order chi connectivity index (χ1) is 13.0. The summed E-state index contributed by atoms with van der Waals surface area (Å²) in [5.41, 5.74) is 0.581. The summed E-state index contributed by atoms with van der Waals surface area (Å²) in [4.78, 5) is 17.2. The van der Waals surface area contributed by atoms with E-state index in [1.807, 2.05) is 13.8 Å². The maximum absolute atomic E-state index is 12.5. The van der Waals surface area contributed by atoms with E-state index in [1.165, 1.54) is 38.4 Å². The molecule has 0 fully saturated rings. The van der Waals surface area contributed by atoms with Gasteiger partial charge in [-0.3, -0.25) is 9.63 Å². The Hall–Kier alpha value is -1.64. The van der Waals surface area contributed by atoms with Crippen molar-refractivity contribution in [2.24, 2.45) is 0 Å². The third kappa shape index (κ3) is 4.85. The second kappa shape index (κ2) is 8.80. The smallest absolute Gasteiger partial charge is 0.264 e. The van der Waals surface area contributed by atoms with Crippen molar-refractivity contribution in [2.75, 3.05) is 20.7 Å². The quantitative estimate of drug-likeness (QED) is 0.657. The molecule has 28 heavy (non-hydrogen) atoms. The molecule has 1 amide bonds. The van der Waals surface area contributed by atoms with Crippen molar-refractivity contribution in [2.45, 2.75) is 24.2 Å². The Labute approximate surface area is 175 Å². The third-order valence-electron chi connectivity index (χ3n) is 4.34. The number of halogens is 2. The average Bonchev–Trinajstić information content (AvgIpc) is 2.65. The Bertz CT molecular complexity index is 940. The fourth-order valence-electron chi connectivity index (χ4n) is 2.66. The number of hydrogen-bond acceptors (Lipinski definition) is 4. The molecule has 0 aliphatic rings. The van der Waals surface area contributed by atoms with Gasteiger partial charge in [0.15, 0.2) is 0 Å². The van der Waals surface area contributed by atoms with Crippen molar-refractivity contribution in [1.29, 1.82) is 0 Å². The van der Waals surface area contributed by atoms with E-state index in [2.05, 4.69) is 5.32 Å². The zero-order chi connectivity index (χ0) is 21.1. The summed E-state index contributed by atoms with van der Waals surface area (Å²) in [6, 6.07) is 10.9. The topological polar surface area (TPSA) is 75.7 Å². The molecule has 0 spiro atoms. The predicted octanol–water partition coefficient (Wildman–Crippen LogP) is 3.88. The van der Waals surface area contributed by atoms with Crippen LogP contribution in [0.15, 0.2) is 47.4 Å². The number of benzene rings is 2. The molecule has 0 unspecified atom stereocenters. The lowest BCUT2D eigenvalue weighted by molar-refractivity contribution is -0.0258. The molecule has 0 aromatic heterocycles. The Morgan fingerprint density at radius 2 is 1.64 bits per heavy atom. The number of amides is 1. The summed E-state index contributed by atoms with van der Waals surface area (Å²) in [6.45, 7) is 4.15. The summed E-state index contributed by atoms with van der Waals surface area (Å²) in [5, 5.41) is 3.91. The van der Waals surface area contributed by atoms with Crippen LogP contribution in [0, 0.1) is 0 Å². The van der Waals surface area contributed by atoms with Crippen molar-refractivity contribution in [1.82, 2.24) is 9.79 Å². The minimum Gasteiger partial charge on any atom is -0.351 e. The zero-order valence-electron chi connectivity index (χ0n) is 16.0. The highest BCUT2D eigenvalue weighted by molar-refractivity contribution is 7.89. The summed E-state index contributed by atoms with van der Waals surface area (Å²) < 4.78 is 25.1. The molecule has 0 heterocycles. The Kier molecular flexibility index (Phi) is 7.12. The third-order valence-corrected chi connectivity index (χ3v) is 6.66. The first kappa shape index (κ1) is 22.6. The number of hydroxylamine groups is 1. The summed E-state index contributed by atoms with van der Waals surface area (Å²) in [6.07, 6.45) is 0. The van der Waals surface area contributed by atoms with Gasteiger partial charge in [0.25, 0.3) is 15.9 Å². The fraction of sp³-hybridized carbons (Fsp3) is 0.316. The number of carbonyl (C=O) groups is 1. The van der Waals surface area contributed by atoms with Crippen LogP contribution in [0.3, 0.4) is 0 Å². The maximum Gasteiger partial charge on any atom is 0.264 e. The zero-order valence-corrected chi connectivity index (χ0v) is 18.3. The fourth-order valence-corrected chi connectivity index (χ4v) is 4.54. The van der Waals surface area contributed by atoms with Crippen LogP contribution < -0.4 is 5.32 Å². The minimum atomic E-state index is -3.76. The lowest BCUT2D eigenvalue weighted by Crippen LogP contribution is -2.37. The maximum atomic E-state index is 12.5. The van der Waals surface area contributed by atoms with Crippen LogP contribution in [-0.2, 0) is 20.3 Å². The number of nitrogens with zero attached hydrogens (tertiary/aromatic N) is 1. The molecule has 1 N–H and O–H groups in total. The molecule has 0 atom stereocenters. The van der Waals surface area contributed by atoms with Crippen LogP contribution in [-0.4, -0.2) is 39.5 Å². The molecule has 2 aromatic rings. The van der Waals surface area contributed by atoms with Gasteiger partial charge >= 0.3 is 0 Å². The van der Waals surface area contributed by atoms with Crippen molar-refractivity contribution < 1.29 is 18.0 Å².